The van der Waals surface area contributed by atoms with Crippen LogP contribution >= 0.6 is 15.9 Å². The van der Waals surface area contributed by atoms with Gasteiger partial charge in [0.25, 0.3) is 5.91 Å². The van der Waals surface area contributed by atoms with Crippen LogP contribution in [0.4, 0.5) is 0 Å². The van der Waals surface area contributed by atoms with Gasteiger partial charge in [0.15, 0.2) is 0 Å². The van der Waals surface area contributed by atoms with Crippen LogP contribution in [0.15, 0.2) is 40.9 Å². The van der Waals surface area contributed by atoms with Crippen molar-refractivity contribution in [3.05, 3.63) is 52.0 Å². The van der Waals surface area contributed by atoms with Gasteiger partial charge in [0.05, 0.1) is 19.8 Å². The van der Waals surface area contributed by atoms with E-state index in [4.69, 9.17) is 9.47 Å². The molecule has 2 aromatic rings. The minimum atomic E-state index is -0.270. The number of amides is 1. The quantitative estimate of drug-likeness (QED) is 0.854. The number of benzene rings is 2. The highest BCUT2D eigenvalue weighted by molar-refractivity contribution is 9.10. The lowest BCUT2D eigenvalue weighted by Gasteiger charge is -2.10. The summed E-state index contributed by atoms with van der Waals surface area (Å²) in [5.41, 5.74) is 1.04. The Balaban J connectivity index is 2.13. The monoisotopic (exact) mass is 365 g/mol. The molecule has 0 saturated carbocycles. The minimum Gasteiger partial charge on any atom is -0.508 e. The summed E-state index contributed by atoms with van der Waals surface area (Å²) in [4.78, 5) is 12.3. The predicted molar refractivity (Wildman–Crippen MR) is 86.5 cm³/mol. The standard InChI is InChI=1S/C16H16BrNO4/c1-21-11-4-6-15(19)10(7-11)9-18-16(20)13-8-12(22-2)3-5-14(13)17/h3-8,19H,9H2,1-2H3,(H,18,20). The number of halogens is 1. The predicted octanol–water partition coefficient (Wildman–Crippen LogP) is 3.10. The lowest BCUT2D eigenvalue weighted by molar-refractivity contribution is 0.0949. The van der Waals surface area contributed by atoms with Gasteiger partial charge in [-0.15, -0.1) is 0 Å². The highest BCUT2D eigenvalue weighted by atomic mass is 79.9. The van der Waals surface area contributed by atoms with Crippen molar-refractivity contribution in [1.29, 1.82) is 0 Å². The van der Waals surface area contributed by atoms with Crippen molar-refractivity contribution in [3.63, 3.8) is 0 Å². The van der Waals surface area contributed by atoms with Crippen LogP contribution < -0.4 is 14.8 Å². The molecule has 2 rings (SSSR count). The molecule has 0 saturated heterocycles. The SMILES string of the molecule is COc1ccc(O)c(CNC(=O)c2cc(OC)ccc2Br)c1. The van der Waals surface area contributed by atoms with Crippen molar-refractivity contribution >= 4 is 21.8 Å². The van der Waals surface area contributed by atoms with E-state index in [1.165, 1.54) is 6.07 Å². The lowest BCUT2D eigenvalue weighted by Crippen LogP contribution is -2.23. The van der Waals surface area contributed by atoms with Gasteiger partial charge in [-0.1, -0.05) is 0 Å². The molecular formula is C16H16BrNO4. The first-order valence-corrected chi connectivity index (χ1v) is 7.32. The number of aromatic hydroxyl groups is 1. The van der Waals surface area contributed by atoms with E-state index >= 15 is 0 Å². The highest BCUT2D eigenvalue weighted by Gasteiger charge is 2.12. The fourth-order valence-corrected chi connectivity index (χ4v) is 2.33. The van der Waals surface area contributed by atoms with E-state index in [0.717, 1.165) is 0 Å². The lowest BCUT2D eigenvalue weighted by atomic mass is 10.1. The van der Waals surface area contributed by atoms with Gasteiger partial charge in [-0.3, -0.25) is 4.79 Å². The van der Waals surface area contributed by atoms with Crippen LogP contribution in [0, 0.1) is 0 Å². The molecule has 0 aliphatic heterocycles. The number of ether oxygens (including phenoxy) is 2. The van der Waals surface area contributed by atoms with Crippen molar-refractivity contribution in [3.8, 4) is 17.2 Å². The van der Waals surface area contributed by atoms with E-state index in [1.807, 2.05) is 0 Å². The first-order valence-electron chi connectivity index (χ1n) is 6.52. The molecule has 0 atom stereocenters. The zero-order chi connectivity index (χ0) is 16.1. The van der Waals surface area contributed by atoms with E-state index in [2.05, 4.69) is 21.2 Å². The Kier molecular flexibility index (Phi) is 5.27. The Morgan fingerprint density at radius 1 is 1.14 bits per heavy atom. The second-order valence-corrected chi connectivity index (χ2v) is 5.38. The molecule has 5 nitrogen and oxygen atoms in total. The van der Waals surface area contributed by atoms with E-state index in [0.29, 0.717) is 27.1 Å². The number of carbonyl (C=O) groups excluding carboxylic acids is 1. The van der Waals surface area contributed by atoms with Crippen LogP contribution in [-0.2, 0) is 6.54 Å². The van der Waals surface area contributed by atoms with E-state index < -0.39 is 0 Å². The van der Waals surface area contributed by atoms with Gasteiger partial charge >= 0.3 is 0 Å². The summed E-state index contributed by atoms with van der Waals surface area (Å²) in [7, 11) is 3.08. The molecule has 0 bridgehead atoms. The molecule has 0 spiro atoms. The third-order valence-electron chi connectivity index (χ3n) is 3.14. The maximum Gasteiger partial charge on any atom is 0.252 e. The summed E-state index contributed by atoms with van der Waals surface area (Å²) in [6, 6.07) is 10.0. The Labute approximate surface area is 137 Å². The first-order chi connectivity index (χ1) is 10.5. The Morgan fingerprint density at radius 3 is 2.45 bits per heavy atom. The van der Waals surface area contributed by atoms with Gasteiger partial charge in [-0.2, -0.15) is 0 Å². The molecule has 2 aromatic carbocycles. The molecule has 0 fully saturated rings. The summed E-state index contributed by atoms with van der Waals surface area (Å²) in [6.07, 6.45) is 0. The molecule has 0 radical (unpaired) electrons. The summed E-state index contributed by atoms with van der Waals surface area (Å²) in [5, 5.41) is 12.6. The highest BCUT2D eigenvalue weighted by Crippen LogP contribution is 2.24. The third kappa shape index (κ3) is 3.71. The van der Waals surface area contributed by atoms with Crippen LogP contribution in [0.2, 0.25) is 0 Å². The first kappa shape index (κ1) is 16.2. The van der Waals surface area contributed by atoms with Gasteiger partial charge in [-0.25, -0.2) is 0 Å². The summed E-state index contributed by atoms with van der Waals surface area (Å²) >= 11 is 3.34. The zero-order valence-corrected chi connectivity index (χ0v) is 13.8. The van der Waals surface area contributed by atoms with Crippen LogP contribution in [-0.4, -0.2) is 25.2 Å². The molecular weight excluding hydrogens is 350 g/mol. The van der Waals surface area contributed by atoms with Crippen molar-refractivity contribution < 1.29 is 19.4 Å². The number of carbonyl (C=O) groups is 1. The maximum absolute atomic E-state index is 12.3. The smallest absolute Gasteiger partial charge is 0.252 e. The van der Waals surface area contributed by atoms with E-state index in [1.54, 1.807) is 44.6 Å². The maximum atomic E-state index is 12.3. The second kappa shape index (κ2) is 7.17. The number of rotatable bonds is 5. The van der Waals surface area contributed by atoms with E-state index in [9.17, 15) is 9.90 Å². The Morgan fingerprint density at radius 2 is 1.77 bits per heavy atom. The molecule has 0 unspecified atom stereocenters. The van der Waals surface area contributed by atoms with Gasteiger partial charge < -0.3 is 19.9 Å². The molecule has 6 heteroatoms. The number of hydrogen-bond donors (Lipinski definition) is 2. The number of phenols is 1. The molecule has 0 aromatic heterocycles. The minimum absolute atomic E-state index is 0.103. The summed E-state index contributed by atoms with van der Waals surface area (Å²) < 4.78 is 10.9. The van der Waals surface area contributed by atoms with Crippen molar-refractivity contribution in [2.24, 2.45) is 0 Å². The van der Waals surface area contributed by atoms with Gasteiger partial charge in [0, 0.05) is 16.6 Å². The molecule has 22 heavy (non-hydrogen) atoms. The summed E-state index contributed by atoms with van der Waals surface area (Å²) in [6.45, 7) is 0.186. The fraction of sp³-hybridized carbons (Fsp3) is 0.188. The van der Waals surface area contributed by atoms with E-state index in [-0.39, 0.29) is 18.2 Å². The van der Waals surface area contributed by atoms with Gasteiger partial charge in [0.1, 0.15) is 17.2 Å². The third-order valence-corrected chi connectivity index (χ3v) is 3.84. The largest absolute Gasteiger partial charge is 0.508 e. The van der Waals surface area contributed by atoms with Crippen LogP contribution in [0.1, 0.15) is 15.9 Å². The molecule has 0 heterocycles. The van der Waals surface area contributed by atoms with Crippen LogP contribution in [0.5, 0.6) is 17.2 Å². The zero-order valence-electron chi connectivity index (χ0n) is 12.2. The van der Waals surface area contributed by atoms with Crippen molar-refractivity contribution in [2.75, 3.05) is 14.2 Å². The molecule has 0 aliphatic carbocycles. The number of hydrogen-bond acceptors (Lipinski definition) is 4. The van der Waals surface area contributed by atoms with Crippen LogP contribution in [0.25, 0.3) is 0 Å². The molecule has 116 valence electrons. The van der Waals surface area contributed by atoms with Gasteiger partial charge in [-0.05, 0) is 52.3 Å². The second-order valence-electron chi connectivity index (χ2n) is 4.52. The van der Waals surface area contributed by atoms with Crippen LogP contribution in [0.3, 0.4) is 0 Å². The van der Waals surface area contributed by atoms with Crippen molar-refractivity contribution in [2.45, 2.75) is 6.54 Å². The summed E-state index contributed by atoms with van der Waals surface area (Å²) in [5.74, 6) is 1.04. The Hall–Kier alpha value is -2.21. The normalized spacial score (nSPS) is 10.1. The molecule has 2 N–H and O–H groups in total. The number of methoxy groups -OCH3 is 2. The topological polar surface area (TPSA) is 67.8 Å². The number of phenolic OH excluding ortho intramolecular Hbond substituents is 1. The number of nitrogens with one attached hydrogen (secondary N) is 1. The molecule has 1 amide bonds. The molecule has 0 aliphatic rings. The Bertz CT molecular complexity index is 688. The average Bonchev–Trinajstić information content (AvgIpc) is 2.54. The average molecular weight is 366 g/mol. The van der Waals surface area contributed by atoms with Gasteiger partial charge in [0.2, 0.25) is 0 Å². The van der Waals surface area contributed by atoms with Crippen molar-refractivity contribution in [1.82, 2.24) is 5.32 Å². The fourth-order valence-electron chi connectivity index (χ4n) is 1.91.